The molecule has 0 atom stereocenters. The van der Waals surface area contributed by atoms with Crippen molar-refractivity contribution in [3.63, 3.8) is 0 Å². The molecule has 0 N–H and O–H groups in total. The first kappa shape index (κ1) is 13.9. The quantitative estimate of drug-likeness (QED) is 0.783. The van der Waals surface area contributed by atoms with Crippen LogP contribution in [-0.2, 0) is 20.7 Å². The first-order valence-electron chi connectivity index (χ1n) is 6.47. The van der Waals surface area contributed by atoms with Crippen LogP contribution in [0.15, 0.2) is 24.3 Å². The monoisotopic (exact) mass is 264 g/mol. The summed E-state index contributed by atoms with van der Waals surface area (Å²) in [7, 11) is 0. The number of rotatable bonds is 4. The van der Waals surface area contributed by atoms with E-state index in [0.29, 0.717) is 13.2 Å². The van der Waals surface area contributed by atoms with Gasteiger partial charge in [-0.05, 0) is 38.5 Å². The maximum atomic E-state index is 11.7. The van der Waals surface area contributed by atoms with E-state index in [0.717, 1.165) is 11.3 Å². The first-order chi connectivity index (χ1) is 8.92. The molecule has 4 nitrogen and oxygen atoms in total. The van der Waals surface area contributed by atoms with Gasteiger partial charge in [-0.15, -0.1) is 0 Å². The van der Waals surface area contributed by atoms with Gasteiger partial charge < -0.3 is 14.2 Å². The van der Waals surface area contributed by atoms with Crippen LogP contribution in [0.3, 0.4) is 0 Å². The van der Waals surface area contributed by atoms with E-state index in [1.807, 2.05) is 45.0 Å². The Balaban J connectivity index is 1.85. The molecule has 0 unspecified atom stereocenters. The summed E-state index contributed by atoms with van der Waals surface area (Å²) in [4.78, 5) is 11.7. The van der Waals surface area contributed by atoms with Crippen LogP contribution < -0.4 is 4.74 Å². The van der Waals surface area contributed by atoms with Gasteiger partial charge >= 0.3 is 5.97 Å². The Labute approximate surface area is 113 Å². The molecular weight excluding hydrogens is 244 g/mol. The molecule has 1 saturated heterocycles. The maximum absolute atomic E-state index is 11.7. The third-order valence-electron chi connectivity index (χ3n) is 2.60. The fourth-order valence-corrected chi connectivity index (χ4v) is 1.70. The van der Waals surface area contributed by atoms with Crippen LogP contribution in [0, 0.1) is 0 Å². The number of carbonyl (C=O) groups is 1. The summed E-state index contributed by atoms with van der Waals surface area (Å²) in [6.07, 6.45) is 0.445. The van der Waals surface area contributed by atoms with Gasteiger partial charge in [0, 0.05) is 0 Å². The second-order valence-electron chi connectivity index (χ2n) is 5.68. The fraction of sp³-hybridized carbons (Fsp3) is 0.533. The molecular formula is C15H20O4. The van der Waals surface area contributed by atoms with Gasteiger partial charge in [0.2, 0.25) is 0 Å². The molecule has 1 fully saturated rings. The van der Waals surface area contributed by atoms with E-state index in [1.54, 1.807) is 0 Å². The molecule has 0 amide bonds. The van der Waals surface area contributed by atoms with Crippen LogP contribution in [0.25, 0.3) is 0 Å². The molecule has 104 valence electrons. The Morgan fingerprint density at radius 1 is 1.26 bits per heavy atom. The lowest BCUT2D eigenvalue weighted by Crippen LogP contribution is -2.38. The van der Waals surface area contributed by atoms with E-state index in [4.69, 9.17) is 14.2 Å². The van der Waals surface area contributed by atoms with Gasteiger partial charge in [-0.25, -0.2) is 0 Å². The molecule has 4 heteroatoms. The van der Waals surface area contributed by atoms with Crippen LogP contribution in [0.4, 0.5) is 0 Å². The van der Waals surface area contributed by atoms with Gasteiger partial charge in [-0.1, -0.05) is 12.1 Å². The molecule has 1 aromatic carbocycles. The van der Waals surface area contributed by atoms with Crippen LogP contribution in [0.2, 0.25) is 0 Å². The van der Waals surface area contributed by atoms with Gasteiger partial charge in [-0.3, -0.25) is 4.79 Å². The highest BCUT2D eigenvalue weighted by Crippen LogP contribution is 2.18. The van der Waals surface area contributed by atoms with Gasteiger partial charge in [-0.2, -0.15) is 0 Å². The minimum absolute atomic E-state index is 0.164. The summed E-state index contributed by atoms with van der Waals surface area (Å²) in [6, 6.07) is 7.52. The van der Waals surface area contributed by atoms with E-state index < -0.39 is 5.60 Å². The first-order valence-corrected chi connectivity index (χ1v) is 6.47. The molecule has 0 spiro atoms. The zero-order chi connectivity index (χ0) is 13.9. The van der Waals surface area contributed by atoms with Crippen LogP contribution in [0.1, 0.15) is 26.3 Å². The average molecular weight is 264 g/mol. The van der Waals surface area contributed by atoms with E-state index in [1.165, 1.54) is 0 Å². The molecule has 2 rings (SSSR count). The third kappa shape index (κ3) is 4.56. The molecule has 1 heterocycles. The summed E-state index contributed by atoms with van der Waals surface area (Å²) in [5.74, 6) is 0.592. The summed E-state index contributed by atoms with van der Waals surface area (Å²) >= 11 is 0. The Hall–Kier alpha value is -1.55. The third-order valence-corrected chi connectivity index (χ3v) is 2.60. The van der Waals surface area contributed by atoms with Crippen molar-refractivity contribution < 1.29 is 19.0 Å². The highest BCUT2D eigenvalue weighted by Gasteiger charge is 2.20. The normalized spacial score (nSPS) is 15.7. The Morgan fingerprint density at radius 2 is 1.89 bits per heavy atom. The Bertz CT molecular complexity index is 426. The largest absolute Gasteiger partial charge is 0.486 e. The smallest absolute Gasteiger partial charge is 0.310 e. The lowest BCUT2D eigenvalue weighted by atomic mass is 10.1. The summed E-state index contributed by atoms with van der Waals surface area (Å²) in [6.45, 7) is 6.90. The molecule has 0 aromatic heterocycles. The standard InChI is InChI=1S/C15H20O4/c1-15(2,3)19-14(16)8-11-4-6-12(7-5-11)18-13-9-17-10-13/h4-7,13H,8-10H2,1-3H3. The number of hydrogen-bond acceptors (Lipinski definition) is 4. The molecule has 1 aliphatic heterocycles. The van der Waals surface area contributed by atoms with Crippen molar-refractivity contribution in [3.8, 4) is 5.75 Å². The van der Waals surface area contributed by atoms with Crippen molar-refractivity contribution in [3.05, 3.63) is 29.8 Å². The van der Waals surface area contributed by atoms with E-state index in [-0.39, 0.29) is 18.5 Å². The number of carbonyl (C=O) groups excluding carboxylic acids is 1. The van der Waals surface area contributed by atoms with E-state index in [9.17, 15) is 4.79 Å². The molecule has 0 aliphatic carbocycles. The number of ether oxygens (including phenoxy) is 3. The van der Waals surface area contributed by atoms with Gasteiger partial charge in [0.15, 0.2) is 0 Å². The highest BCUT2D eigenvalue weighted by molar-refractivity contribution is 5.73. The molecule has 1 aromatic rings. The van der Waals surface area contributed by atoms with E-state index in [2.05, 4.69) is 0 Å². The number of esters is 1. The predicted molar refractivity (Wildman–Crippen MR) is 71.2 cm³/mol. The van der Waals surface area contributed by atoms with Crippen molar-refractivity contribution in [1.29, 1.82) is 0 Å². The van der Waals surface area contributed by atoms with Crippen LogP contribution in [0.5, 0.6) is 5.75 Å². The predicted octanol–water partition coefficient (Wildman–Crippen LogP) is 2.35. The molecule has 0 radical (unpaired) electrons. The molecule has 1 aliphatic rings. The second kappa shape index (κ2) is 5.61. The van der Waals surface area contributed by atoms with Gasteiger partial charge in [0.1, 0.15) is 17.5 Å². The minimum atomic E-state index is -0.440. The van der Waals surface area contributed by atoms with Gasteiger partial charge in [0.25, 0.3) is 0 Å². The van der Waals surface area contributed by atoms with Gasteiger partial charge in [0.05, 0.1) is 19.6 Å². The second-order valence-corrected chi connectivity index (χ2v) is 5.68. The molecule has 19 heavy (non-hydrogen) atoms. The van der Waals surface area contributed by atoms with Crippen molar-refractivity contribution in [2.75, 3.05) is 13.2 Å². The fourth-order valence-electron chi connectivity index (χ4n) is 1.70. The minimum Gasteiger partial charge on any atom is -0.486 e. The SMILES string of the molecule is CC(C)(C)OC(=O)Cc1ccc(OC2COC2)cc1. The van der Waals surface area contributed by atoms with Crippen molar-refractivity contribution in [1.82, 2.24) is 0 Å². The van der Waals surface area contributed by atoms with Crippen molar-refractivity contribution >= 4 is 5.97 Å². The molecule has 0 bridgehead atoms. The Kier molecular flexibility index (Phi) is 4.10. The zero-order valence-corrected chi connectivity index (χ0v) is 11.6. The lowest BCUT2D eigenvalue weighted by molar-refractivity contribution is -0.153. The number of benzene rings is 1. The van der Waals surface area contributed by atoms with Crippen LogP contribution in [-0.4, -0.2) is 30.9 Å². The summed E-state index contributed by atoms with van der Waals surface area (Å²) in [5, 5.41) is 0. The zero-order valence-electron chi connectivity index (χ0n) is 11.6. The van der Waals surface area contributed by atoms with Crippen LogP contribution >= 0.6 is 0 Å². The van der Waals surface area contributed by atoms with E-state index >= 15 is 0 Å². The Morgan fingerprint density at radius 3 is 2.37 bits per heavy atom. The topological polar surface area (TPSA) is 44.8 Å². The number of hydrogen-bond donors (Lipinski definition) is 0. The lowest BCUT2D eigenvalue weighted by Gasteiger charge is -2.26. The summed E-state index contributed by atoms with van der Waals surface area (Å²) < 4.78 is 16.0. The molecule has 0 saturated carbocycles. The van der Waals surface area contributed by atoms with Crippen molar-refractivity contribution in [2.24, 2.45) is 0 Å². The van der Waals surface area contributed by atoms with Crippen molar-refractivity contribution in [2.45, 2.75) is 38.9 Å². The average Bonchev–Trinajstić information content (AvgIpc) is 2.23. The maximum Gasteiger partial charge on any atom is 0.310 e. The summed E-state index contributed by atoms with van der Waals surface area (Å²) in [5.41, 5.74) is 0.483. The highest BCUT2D eigenvalue weighted by atomic mass is 16.6.